The highest BCUT2D eigenvalue weighted by Gasteiger charge is 2.34. The second-order valence-corrected chi connectivity index (χ2v) is 7.21. The van der Waals surface area contributed by atoms with Gasteiger partial charge in [0.15, 0.2) is 0 Å². The lowest BCUT2D eigenvalue weighted by Gasteiger charge is -2.40. The number of hydrogen-bond acceptors (Lipinski definition) is 3. The van der Waals surface area contributed by atoms with Crippen molar-refractivity contribution in [3.63, 3.8) is 0 Å². The molecule has 2 aliphatic rings. The Labute approximate surface area is 149 Å². The number of carbonyl (C=O) groups is 1. The molecule has 0 saturated carbocycles. The van der Waals surface area contributed by atoms with Crippen LogP contribution in [0, 0.1) is 5.92 Å². The maximum Gasteiger partial charge on any atom is 0.226 e. The minimum Gasteiger partial charge on any atom is -0.468 e. The number of aromatic nitrogens is 1. The lowest BCUT2D eigenvalue weighted by Crippen LogP contribution is -2.47. The summed E-state index contributed by atoms with van der Waals surface area (Å²) in [6.07, 6.45) is 6.74. The average Bonchev–Trinajstić information content (AvgIpc) is 3.32. The van der Waals surface area contributed by atoms with E-state index in [1.807, 2.05) is 12.1 Å². The Morgan fingerprint density at radius 1 is 1.16 bits per heavy atom. The van der Waals surface area contributed by atoms with Gasteiger partial charge < -0.3 is 13.9 Å². The van der Waals surface area contributed by atoms with Crippen LogP contribution in [-0.2, 0) is 17.9 Å². The van der Waals surface area contributed by atoms with Gasteiger partial charge in [0.2, 0.25) is 5.91 Å². The first-order valence-corrected chi connectivity index (χ1v) is 9.46. The maximum absolute atomic E-state index is 13.2. The monoisotopic (exact) mass is 341 g/mol. The standard InChI is InChI=1S/C20H27N3O2/c1-2-18-19-6-3-9-22(19)12-13-23(18)20(24)16-7-10-21(11-8-16)15-17-5-4-14-25-17/h3-6,9,14,16,18H,2,7-8,10-13,15H2,1H3/t18-/m0/s1. The molecule has 5 heteroatoms. The Morgan fingerprint density at radius 3 is 2.72 bits per heavy atom. The van der Waals surface area contributed by atoms with E-state index in [-0.39, 0.29) is 12.0 Å². The number of fused-ring (bicyclic) bond motifs is 1. The highest BCUT2D eigenvalue weighted by Crippen LogP contribution is 2.32. The molecule has 0 bridgehead atoms. The summed E-state index contributed by atoms with van der Waals surface area (Å²) >= 11 is 0. The van der Waals surface area contributed by atoms with E-state index in [9.17, 15) is 4.79 Å². The van der Waals surface area contributed by atoms with Crippen molar-refractivity contribution < 1.29 is 9.21 Å². The molecule has 1 saturated heterocycles. The van der Waals surface area contributed by atoms with Gasteiger partial charge in [-0.1, -0.05) is 6.92 Å². The largest absolute Gasteiger partial charge is 0.468 e. The number of carbonyl (C=O) groups excluding carboxylic acids is 1. The molecule has 4 rings (SSSR count). The number of piperidine rings is 1. The van der Waals surface area contributed by atoms with Gasteiger partial charge in [-0.25, -0.2) is 0 Å². The molecule has 25 heavy (non-hydrogen) atoms. The van der Waals surface area contributed by atoms with Crippen molar-refractivity contribution in [3.05, 3.63) is 48.2 Å². The molecule has 2 aromatic heterocycles. The van der Waals surface area contributed by atoms with E-state index in [1.165, 1.54) is 5.69 Å². The predicted octanol–water partition coefficient (Wildman–Crippen LogP) is 3.29. The van der Waals surface area contributed by atoms with Crippen LogP contribution in [0.2, 0.25) is 0 Å². The fourth-order valence-corrected chi connectivity index (χ4v) is 4.35. The molecule has 0 aliphatic carbocycles. The Morgan fingerprint density at radius 2 is 2.00 bits per heavy atom. The van der Waals surface area contributed by atoms with Gasteiger partial charge >= 0.3 is 0 Å². The number of likely N-dealkylation sites (tertiary alicyclic amines) is 1. The molecule has 1 amide bonds. The smallest absolute Gasteiger partial charge is 0.226 e. The summed E-state index contributed by atoms with van der Waals surface area (Å²) in [6, 6.07) is 8.45. The topological polar surface area (TPSA) is 41.6 Å². The summed E-state index contributed by atoms with van der Waals surface area (Å²) in [6.45, 7) is 6.73. The molecule has 1 atom stereocenters. The van der Waals surface area contributed by atoms with Gasteiger partial charge in [0, 0.05) is 30.9 Å². The summed E-state index contributed by atoms with van der Waals surface area (Å²) in [7, 11) is 0. The second-order valence-electron chi connectivity index (χ2n) is 7.21. The molecule has 0 aromatic carbocycles. The van der Waals surface area contributed by atoms with Gasteiger partial charge in [0.05, 0.1) is 18.8 Å². The molecule has 134 valence electrons. The maximum atomic E-state index is 13.2. The number of hydrogen-bond donors (Lipinski definition) is 0. The van der Waals surface area contributed by atoms with Crippen LogP contribution in [0.4, 0.5) is 0 Å². The molecule has 2 aliphatic heterocycles. The Bertz CT molecular complexity index is 698. The Kier molecular flexibility index (Phi) is 4.66. The molecule has 2 aromatic rings. The third-order valence-electron chi connectivity index (χ3n) is 5.73. The Hall–Kier alpha value is -2.01. The molecule has 0 N–H and O–H groups in total. The van der Waals surface area contributed by atoms with Crippen LogP contribution in [0.1, 0.15) is 43.7 Å². The van der Waals surface area contributed by atoms with Gasteiger partial charge in [-0.15, -0.1) is 0 Å². The predicted molar refractivity (Wildman–Crippen MR) is 95.9 cm³/mol. The van der Waals surface area contributed by atoms with E-state index in [0.717, 1.165) is 57.7 Å². The van der Waals surface area contributed by atoms with Crippen LogP contribution in [0.3, 0.4) is 0 Å². The van der Waals surface area contributed by atoms with Gasteiger partial charge in [-0.2, -0.15) is 0 Å². The number of furan rings is 1. The van der Waals surface area contributed by atoms with Gasteiger partial charge in [-0.05, 0) is 56.6 Å². The van der Waals surface area contributed by atoms with Crippen molar-refractivity contribution in [2.75, 3.05) is 19.6 Å². The van der Waals surface area contributed by atoms with Crippen molar-refractivity contribution in [1.29, 1.82) is 0 Å². The van der Waals surface area contributed by atoms with Crippen molar-refractivity contribution in [1.82, 2.24) is 14.4 Å². The van der Waals surface area contributed by atoms with Crippen molar-refractivity contribution >= 4 is 5.91 Å². The van der Waals surface area contributed by atoms with E-state index in [1.54, 1.807) is 6.26 Å². The molecule has 1 fully saturated rings. The highest BCUT2D eigenvalue weighted by atomic mass is 16.3. The van der Waals surface area contributed by atoms with Crippen LogP contribution < -0.4 is 0 Å². The molecule has 0 spiro atoms. The zero-order chi connectivity index (χ0) is 17.2. The number of rotatable bonds is 4. The first kappa shape index (κ1) is 16.5. The summed E-state index contributed by atoms with van der Waals surface area (Å²) < 4.78 is 7.74. The van der Waals surface area contributed by atoms with Gasteiger partial charge in [0.25, 0.3) is 0 Å². The fourth-order valence-electron chi connectivity index (χ4n) is 4.35. The lowest BCUT2D eigenvalue weighted by atomic mass is 9.93. The van der Waals surface area contributed by atoms with Gasteiger partial charge in [-0.3, -0.25) is 9.69 Å². The quantitative estimate of drug-likeness (QED) is 0.857. The summed E-state index contributed by atoms with van der Waals surface area (Å²) in [4.78, 5) is 17.7. The number of amides is 1. The van der Waals surface area contributed by atoms with Crippen LogP contribution in [0.5, 0.6) is 0 Å². The number of nitrogens with zero attached hydrogens (tertiary/aromatic N) is 3. The van der Waals surface area contributed by atoms with Crippen molar-refractivity contribution in [2.24, 2.45) is 5.92 Å². The van der Waals surface area contributed by atoms with E-state index >= 15 is 0 Å². The van der Waals surface area contributed by atoms with E-state index in [2.05, 4.69) is 39.6 Å². The van der Waals surface area contributed by atoms with Crippen LogP contribution >= 0.6 is 0 Å². The molecular formula is C20H27N3O2. The fraction of sp³-hybridized carbons (Fsp3) is 0.550. The van der Waals surface area contributed by atoms with Crippen LogP contribution in [-0.4, -0.2) is 39.9 Å². The third kappa shape index (κ3) is 3.25. The first-order valence-electron chi connectivity index (χ1n) is 9.46. The van der Waals surface area contributed by atoms with Crippen molar-refractivity contribution in [3.8, 4) is 0 Å². The SMILES string of the molecule is CC[C@H]1c2cccn2CCN1C(=O)C1CCN(Cc2ccco2)CC1. The summed E-state index contributed by atoms with van der Waals surface area (Å²) in [5.41, 5.74) is 1.29. The summed E-state index contributed by atoms with van der Waals surface area (Å²) in [5, 5.41) is 0. The normalized spacial score (nSPS) is 22.1. The third-order valence-corrected chi connectivity index (χ3v) is 5.73. The van der Waals surface area contributed by atoms with E-state index < -0.39 is 0 Å². The highest BCUT2D eigenvalue weighted by molar-refractivity contribution is 5.79. The van der Waals surface area contributed by atoms with Crippen LogP contribution in [0.25, 0.3) is 0 Å². The lowest BCUT2D eigenvalue weighted by molar-refractivity contribution is -0.141. The molecule has 0 radical (unpaired) electrons. The molecule has 0 unspecified atom stereocenters. The zero-order valence-corrected chi connectivity index (χ0v) is 14.9. The second kappa shape index (κ2) is 7.08. The summed E-state index contributed by atoms with van der Waals surface area (Å²) in [5.74, 6) is 1.54. The molecular weight excluding hydrogens is 314 g/mol. The Balaban J connectivity index is 1.37. The zero-order valence-electron chi connectivity index (χ0n) is 14.9. The van der Waals surface area contributed by atoms with E-state index in [0.29, 0.717) is 5.91 Å². The molecule has 4 heterocycles. The minimum atomic E-state index is 0.170. The molecule has 5 nitrogen and oxygen atoms in total. The van der Waals surface area contributed by atoms with Crippen LogP contribution in [0.15, 0.2) is 41.1 Å². The van der Waals surface area contributed by atoms with Gasteiger partial charge in [0.1, 0.15) is 5.76 Å². The average molecular weight is 341 g/mol. The van der Waals surface area contributed by atoms with Crippen molar-refractivity contribution in [2.45, 2.75) is 45.3 Å². The first-order chi connectivity index (χ1) is 12.3. The van der Waals surface area contributed by atoms with E-state index in [4.69, 9.17) is 4.42 Å². The minimum absolute atomic E-state index is 0.170.